The molecule has 0 aromatic rings. The Morgan fingerprint density at radius 3 is 1.49 bits per heavy atom. The van der Waals surface area contributed by atoms with Gasteiger partial charge in [0, 0.05) is 12.8 Å². The molecule has 0 bridgehead atoms. The van der Waals surface area contributed by atoms with E-state index in [9.17, 15) is 23.8 Å². The number of aliphatic carboxylic acids is 1. The number of rotatable bonds is 37. The number of carboxylic acid groups (broad SMARTS) is 1. The van der Waals surface area contributed by atoms with Gasteiger partial charge in [0.1, 0.15) is 12.6 Å². The molecule has 3 unspecified atom stereocenters. The Morgan fingerprint density at radius 2 is 1.00 bits per heavy atom. The summed E-state index contributed by atoms with van der Waals surface area (Å²) in [4.78, 5) is 45.7. The Bertz CT molecular complexity index is 974. The molecular formula is C39H72NO10P. The molecule has 0 aliphatic heterocycles. The number of hydrogen-bond acceptors (Lipinski definition) is 9. The monoisotopic (exact) mass is 745 g/mol. The van der Waals surface area contributed by atoms with Crippen molar-refractivity contribution < 1.29 is 47.5 Å². The lowest BCUT2D eigenvalue weighted by Crippen LogP contribution is -2.34. The maximum absolute atomic E-state index is 12.6. The summed E-state index contributed by atoms with van der Waals surface area (Å²) >= 11 is 0. The van der Waals surface area contributed by atoms with Gasteiger partial charge in [0.2, 0.25) is 0 Å². The summed E-state index contributed by atoms with van der Waals surface area (Å²) < 4.78 is 32.6. The van der Waals surface area contributed by atoms with Crippen LogP contribution in [0.3, 0.4) is 0 Å². The third kappa shape index (κ3) is 34.8. The molecule has 0 amide bonds. The molecule has 0 saturated heterocycles. The average Bonchev–Trinajstić information content (AvgIpc) is 3.10. The molecule has 4 N–H and O–H groups in total. The molecule has 0 rings (SSSR count). The topological polar surface area (TPSA) is 172 Å². The van der Waals surface area contributed by atoms with Gasteiger partial charge in [0.05, 0.1) is 13.2 Å². The van der Waals surface area contributed by atoms with Crippen LogP contribution in [-0.4, -0.2) is 59.9 Å². The number of ether oxygens (including phenoxy) is 2. The Morgan fingerprint density at radius 1 is 0.588 bits per heavy atom. The fourth-order valence-corrected chi connectivity index (χ4v) is 5.99. The molecule has 0 aliphatic rings. The quantitative estimate of drug-likeness (QED) is 0.0239. The van der Waals surface area contributed by atoms with Gasteiger partial charge in [-0.3, -0.25) is 23.4 Å². The SMILES string of the molecule is CCCC/C=C\CCCCCCCC(=O)OCC(COP(=O)(O)OCC(N)C(=O)O)OC(=O)CCCCCCC/C=C\CCCCCCCCC. The Hall–Kier alpha value is -2.04. The molecule has 0 fully saturated rings. The number of phosphoric ester groups is 1. The van der Waals surface area contributed by atoms with Crippen molar-refractivity contribution in [1.82, 2.24) is 0 Å². The number of allylic oxidation sites excluding steroid dienone is 4. The molecule has 3 atom stereocenters. The van der Waals surface area contributed by atoms with Crippen LogP contribution in [0.5, 0.6) is 0 Å². The Labute approximate surface area is 309 Å². The van der Waals surface area contributed by atoms with E-state index in [1.165, 1.54) is 57.8 Å². The van der Waals surface area contributed by atoms with Gasteiger partial charge in [-0.2, -0.15) is 0 Å². The molecule has 0 aliphatic carbocycles. The van der Waals surface area contributed by atoms with E-state index in [0.717, 1.165) is 77.0 Å². The standard InChI is InChI=1S/C39H72NO10P/c1-3-5-7-9-11-13-15-16-17-18-19-21-23-25-27-29-31-38(42)50-35(33-48-51(45,46)49-34-36(40)39(43)44)32-47-37(41)30-28-26-24-22-20-14-12-10-8-6-4-2/h10,12,17-18,35-36H,3-9,11,13-16,19-34,40H2,1-2H3,(H,43,44)(H,45,46)/b12-10-,18-17-. The minimum Gasteiger partial charge on any atom is -0.480 e. The van der Waals surface area contributed by atoms with Gasteiger partial charge in [-0.1, -0.05) is 128 Å². The van der Waals surface area contributed by atoms with Crippen molar-refractivity contribution in [3.63, 3.8) is 0 Å². The van der Waals surface area contributed by atoms with E-state index in [1.807, 2.05) is 0 Å². The van der Waals surface area contributed by atoms with E-state index in [-0.39, 0.29) is 19.4 Å². The summed E-state index contributed by atoms with van der Waals surface area (Å²) in [5.41, 5.74) is 5.32. The molecule has 11 nitrogen and oxygen atoms in total. The number of carboxylic acids is 1. The predicted octanol–water partition coefficient (Wildman–Crippen LogP) is 9.89. The first-order valence-corrected chi connectivity index (χ1v) is 21.4. The molecule has 12 heteroatoms. The van der Waals surface area contributed by atoms with Crippen molar-refractivity contribution in [3.8, 4) is 0 Å². The molecule has 298 valence electrons. The molecule has 0 radical (unpaired) electrons. The summed E-state index contributed by atoms with van der Waals surface area (Å²) in [6.45, 7) is 2.73. The largest absolute Gasteiger partial charge is 0.480 e. The van der Waals surface area contributed by atoms with Gasteiger partial charge in [0.25, 0.3) is 0 Å². The molecule has 0 aromatic heterocycles. The number of nitrogens with two attached hydrogens (primary N) is 1. The maximum Gasteiger partial charge on any atom is 0.472 e. The van der Waals surface area contributed by atoms with Crippen LogP contribution in [0, 0.1) is 0 Å². The first kappa shape index (κ1) is 49.0. The average molecular weight is 746 g/mol. The van der Waals surface area contributed by atoms with Crippen molar-refractivity contribution >= 4 is 25.7 Å². The van der Waals surface area contributed by atoms with E-state index >= 15 is 0 Å². The van der Waals surface area contributed by atoms with Crippen molar-refractivity contribution in [2.24, 2.45) is 5.73 Å². The van der Waals surface area contributed by atoms with Gasteiger partial charge in [-0.15, -0.1) is 0 Å². The molecular weight excluding hydrogens is 673 g/mol. The summed E-state index contributed by atoms with van der Waals surface area (Å²) in [7, 11) is -4.71. The van der Waals surface area contributed by atoms with Gasteiger partial charge < -0.3 is 25.2 Å². The lowest BCUT2D eigenvalue weighted by molar-refractivity contribution is -0.161. The van der Waals surface area contributed by atoms with Gasteiger partial charge in [0.15, 0.2) is 6.10 Å². The number of carbonyl (C=O) groups is 3. The third-order valence-electron chi connectivity index (χ3n) is 8.42. The van der Waals surface area contributed by atoms with Crippen LogP contribution < -0.4 is 5.73 Å². The molecule has 0 heterocycles. The summed E-state index contributed by atoms with van der Waals surface area (Å²) in [5.74, 6) is -2.40. The van der Waals surface area contributed by atoms with Gasteiger partial charge in [-0.05, 0) is 57.8 Å². The van der Waals surface area contributed by atoms with Crippen LogP contribution in [0.4, 0.5) is 0 Å². The predicted molar refractivity (Wildman–Crippen MR) is 203 cm³/mol. The Kier molecular flexibility index (Phi) is 33.6. The van der Waals surface area contributed by atoms with Crippen LogP contribution in [0.2, 0.25) is 0 Å². The second kappa shape index (κ2) is 35.0. The minimum atomic E-state index is -4.71. The molecule has 0 spiro atoms. The number of unbranched alkanes of at least 4 members (excludes halogenated alkanes) is 19. The van der Waals surface area contributed by atoms with Crippen molar-refractivity contribution in [1.29, 1.82) is 0 Å². The highest BCUT2D eigenvalue weighted by molar-refractivity contribution is 7.47. The lowest BCUT2D eigenvalue weighted by Gasteiger charge is -2.20. The van der Waals surface area contributed by atoms with Crippen LogP contribution in [0.15, 0.2) is 24.3 Å². The summed E-state index contributed by atoms with van der Waals surface area (Å²) in [5, 5.41) is 8.86. The fraction of sp³-hybridized carbons (Fsp3) is 0.821. The summed E-state index contributed by atoms with van der Waals surface area (Å²) in [6, 6.07) is -1.52. The smallest absolute Gasteiger partial charge is 0.472 e. The van der Waals surface area contributed by atoms with Crippen molar-refractivity contribution in [2.45, 2.75) is 187 Å². The van der Waals surface area contributed by atoms with Crippen LogP contribution in [0.1, 0.15) is 174 Å². The maximum atomic E-state index is 12.6. The van der Waals surface area contributed by atoms with Crippen LogP contribution in [-0.2, 0) is 37.5 Å². The van der Waals surface area contributed by atoms with E-state index in [4.69, 9.17) is 24.8 Å². The van der Waals surface area contributed by atoms with E-state index in [1.54, 1.807) is 0 Å². The minimum absolute atomic E-state index is 0.151. The number of phosphoric acid groups is 1. The first-order chi connectivity index (χ1) is 24.6. The van der Waals surface area contributed by atoms with E-state index in [2.05, 4.69) is 42.7 Å². The molecule has 0 saturated carbocycles. The Balaban J connectivity index is 4.42. The highest BCUT2D eigenvalue weighted by Gasteiger charge is 2.28. The van der Waals surface area contributed by atoms with Crippen LogP contribution >= 0.6 is 7.82 Å². The van der Waals surface area contributed by atoms with Crippen LogP contribution in [0.25, 0.3) is 0 Å². The van der Waals surface area contributed by atoms with Gasteiger partial charge >= 0.3 is 25.7 Å². The second-order valence-electron chi connectivity index (χ2n) is 13.4. The van der Waals surface area contributed by atoms with Gasteiger partial charge in [-0.25, -0.2) is 4.57 Å². The molecule has 0 aromatic carbocycles. The zero-order valence-corrected chi connectivity index (χ0v) is 32.8. The number of hydrogen-bond donors (Lipinski definition) is 3. The normalized spacial score (nSPS) is 14.1. The highest BCUT2D eigenvalue weighted by Crippen LogP contribution is 2.43. The van der Waals surface area contributed by atoms with E-state index < -0.39 is 51.1 Å². The fourth-order valence-electron chi connectivity index (χ4n) is 5.22. The van der Waals surface area contributed by atoms with Crippen molar-refractivity contribution in [3.05, 3.63) is 24.3 Å². The number of esters is 2. The van der Waals surface area contributed by atoms with E-state index in [0.29, 0.717) is 12.8 Å². The zero-order valence-electron chi connectivity index (χ0n) is 31.9. The third-order valence-corrected chi connectivity index (χ3v) is 9.37. The number of carbonyl (C=O) groups excluding carboxylic acids is 2. The lowest BCUT2D eigenvalue weighted by atomic mass is 10.1. The van der Waals surface area contributed by atoms with Crippen molar-refractivity contribution in [2.75, 3.05) is 19.8 Å². The molecule has 51 heavy (non-hydrogen) atoms. The first-order valence-electron chi connectivity index (χ1n) is 19.9. The summed E-state index contributed by atoms with van der Waals surface area (Å²) in [6.07, 6.45) is 33.9. The second-order valence-corrected chi connectivity index (χ2v) is 14.9. The highest BCUT2D eigenvalue weighted by atomic mass is 31.2. The zero-order chi connectivity index (χ0) is 37.8.